The predicted octanol–water partition coefficient (Wildman–Crippen LogP) is 4.45. The number of rotatable bonds is 5. The number of aromatic nitrogens is 1. The van der Waals surface area contributed by atoms with Gasteiger partial charge in [0, 0.05) is 16.1 Å². The highest BCUT2D eigenvalue weighted by molar-refractivity contribution is 7.15. The average Bonchev–Trinajstić information content (AvgIpc) is 2.96. The fraction of sp³-hybridized carbons (Fsp3) is 0.158. The Hall–Kier alpha value is -2.73. The van der Waals surface area contributed by atoms with Crippen LogP contribution in [0.25, 0.3) is 10.6 Å². The van der Waals surface area contributed by atoms with E-state index in [1.54, 1.807) is 43.5 Å². The average molecular weight is 356 g/mol. The molecule has 0 saturated heterocycles. The largest absolute Gasteiger partial charge is 0.497 e. The minimum Gasteiger partial charge on any atom is -0.497 e. The number of anilines is 1. The number of nitrogens with zero attached hydrogens (tertiary/aromatic N) is 1. The van der Waals surface area contributed by atoms with Crippen molar-refractivity contribution in [1.29, 1.82) is 0 Å². The van der Waals surface area contributed by atoms with Gasteiger partial charge in [0.05, 0.1) is 19.2 Å². The minimum atomic E-state index is -0.281. The van der Waals surface area contributed by atoms with Gasteiger partial charge in [-0.05, 0) is 55.5 Å². The predicted molar refractivity (Wildman–Crippen MR) is 97.6 cm³/mol. The van der Waals surface area contributed by atoms with E-state index in [9.17, 15) is 9.18 Å². The Morgan fingerprint density at radius 1 is 1.16 bits per heavy atom. The number of carbonyl (C=O) groups excluding carboxylic acids is 1. The summed E-state index contributed by atoms with van der Waals surface area (Å²) >= 11 is 1.45. The first-order chi connectivity index (χ1) is 12.0. The molecule has 25 heavy (non-hydrogen) atoms. The summed E-state index contributed by atoms with van der Waals surface area (Å²) in [4.78, 5) is 17.7. The third-order valence-electron chi connectivity index (χ3n) is 3.68. The van der Waals surface area contributed by atoms with Crippen molar-refractivity contribution in [3.63, 3.8) is 0 Å². The van der Waals surface area contributed by atoms with Crippen LogP contribution in [0.1, 0.15) is 10.6 Å². The zero-order valence-corrected chi connectivity index (χ0v) is 14.7. The van der Waals surface area contributed by atoms with E-state index >= 15 is 0 Å². The quantitative estimate of drug-likeness (QED) is 0.735. The Labute approximate surface area is 149 Å². The number of carbonyl (C=O) groups is 1. The number of amides is 1. The first-order valence-corrected chi connectivity index (χ1v) is 8.53. The molecule has 3 aromatic rings. The summed E-state index contributed by atoms with van der Waals surface area (Å²) < 4.78 is 18.1. The van der Waals surface area contributed by atoms with Crippen LogP contribution in [0, 0.1) is 12.7 Å². The van der Waals surface area contributed by atoms with Gasteiger partial charge in [-0.25, -0.2) is 9.37 Å². The second-order valence-electron chi connectivity index (χ2n) is 5.49. The Morgan fingerprint density at radius 2 is 1.84 bits per heavy atom. The summed E-state index contributed by atoms with van der Waals surface area (Å²) in [5.41, 5.74) is 2.37. The Balaban J connectivity index is 1.69. The minimum absolute atomic E-state index is 0.109. The molecule has 0 atom stereocenters. The maximum absolute atomic E-state index is 13.0. The van der Waals surface area contributed by atoms with Gasteiger partial charge in [0.2, 0.25) is 5.91 Å². The second kappa shape index (κ2) is 7.44. The number of aryl methyl sites for hydroxylation is 1. The summed E-state index contributed by atoms with van der Waals surface area (Å²) in [6.07, 6.45) is 0.247. The molecule has 6 heteroatoms. The molecule has 0 fully saturated rings. The number of hydrogen-bond donors (Lipinski definition) is 1. The van der Waals surface area contributed by atoms with Crippen LogP contribution in [0.5, 0.6) is 5.75 Å². The van der Waals surface area contributed by atoms with Crippen LogP contribution in [-0.4, -0.2) is 18.0 Å². The van der Waals surface area contributed by atoms with Crippen LogP contribution in [0.15, 0.2) is 48.5 Å². The molecular weight excluding hydrogens is 339 g/mol. The lowest BCUT2D eigenvalue weighted by molar-refractivity contribution is -0.115. The lowest BCUT2D eigenvalue weighted by Gasteiger charge is -2.05. The van der Waals surface area contributed by atoms with Gasteiger partial charge in [-0.15, -0.1) is 11.3 Å². The molecule has 0 saturated carbocycles. The van der Waals surface area contributed by atoms with E-state index in [1.165, 1.54) is 23.5 Å². The van der Waals surface area contributed by atoms with Gasteiger partial charge in [0.25, 0.3) is 0 Å². The Bertz CT molecular complexity index is 873. The van der Waals surface area contributed by atoms with Crippen molar-refractivity contribution in [2.24, 2.45) is 0 Å². The van der Waals surface area contributed by atoms with Crippen LogP contribution in [-0.2, 0) is 11.2 Å². The second-order valence-corrected chi connectivity index (χ2v) is 6.57. The molecule has 0 aliphatic carbocycles. The molecule has 0 bridgehead atoms. The van der Waals surface area contributed by atoms with E-state index in [1.807, 2.05) is 6.92 Å². The van der Waals surface area contributed by atoms with Crippen molar-refractivity contribution < 1.29 is 13.9 Å². The molecule has 1 heterocycles. The molecule has 2 aromatic carbocycles. The maximum atomic E-state index is 13.0. The monoisotopic (exact) mass is 356 g/mol. The van der Waals surface area contributed by atoms with Crippen molar-refractivity contribution in [1.82, 2.24) is 4.98 Å². The summed E-state index contributed by atoms with van der Waals surface area (Å²) in [7, 11) is 1.60. The zero-order valence-electron chi connectivity index (χ0n) is 13.9. The number of methoxy groups -OCH3 is 1. The first-order valence-electron chi connectivity index (χ1n) is 7.71. The van der Waals surface area contributed by atoms with Crippen LogP contribution in [0.3, 0.4) is 0 Å². The van der Waals surface area contributed by atoms with Crippen LogP contribution in [0.4, 0.5) is 10.1 Å². The highest BCUT2D eigenvalue weighted by Gasteiger charge is 2.13. The van der Waals surface area contributed by atoms with E-state index < -0.39 is 0 Å². The van der Waals surface area contributed by atoms with Gasteiger partial charge >= 0.3 is 0 Å². The van der Waals surface area contributed by atoms with Gasteiger partial charge in [0.15, 0.2) is 0 Å². The molecule has 1 amide bonds. The topological polar surface area (TPSA) is 51.2 Å². The van der Waals surface area contributed by atoms with E-state index in [-0.39, 0.29) is 18.1 Å². The van der Waals surface area contributed by atoms with Crippen molar-refractivity contribution in [3.8, 4) is 16.3 Å². The van der Waals surface area contributed by atoms with E-state index in [4.69, 9.17) is 4.74 Å². The fourth-order valence-corrected chi connectivity index (χ4v) is 3.40. The molecule has 0 aliphatic rings. The SMILES string of the molecule is COc1ccc(NC(=O)Cc2sc(-c3ccc(F)cc3)nc2C)cc1. The van der Waals surface area contributed by atoms with Crippen molar-refractivity contribution in [2.75, 3.05) is 12.4 Å². The van der Waals surface area contributed by atoms with E-state index in [0.29, 0.717) is 5.69 Å². The van der Waals surface area contributed by atoms with Crippen LogP contribution >= 0.6 is 11.3 Å². The number of hydrogen-bond acceptors (Lipinski definition) is 4. The fourth-order valence-electron chi connectivity index (χ4n) is 2.33. The molecule has 128 valence electrons. The smallest absolute Gasteiger partial charge is 0.229 e. The lowest BCUT2D eigenvalue weighted by Crippen LogP contribution is -2.14. The first kappa shape index (κ1) is 17.1. The van der Waals surface area contributed by atoms with Crippen molar-refractivity contribution >= 4 is 22.9 Å². The summed E-state index contributed by atoms with van der Waals surface area (Å²) in [6, 6.07) is 13.4. The number of benzene rings is 2. The molecule has 0 unspecified atom stereocenters. The number of nitrogens with one attached hydrogen (secondary N) is 1. The van der Waals surface area contributed by atoms with Crippen molar-refractivity contribution in [2.45, 2.75) is 13.3 Å². The van der Waals surface area contributed by atoms with Gasteiger partial charge in [-0.2, -0.15) is 0 Å². The highest BCUT2D eigenvalue weighted by Crippen LogP contribution is 2.28. The van der Waals surface area contributed by atoms with E-state index in [0.717, 1.165) is 26.9 Å². The molecule has 4 nitrogen and oxygen atoms in total. The molecule has 0 spiro atoms. The van der Waals surface area contributed by atoms with Gasteiger partial charge < -0.3 is 10.1 Å². The molecule has 1 N–H and O–H groups in total. The van der Waals surface area contributed by atoms with Gasteiger partial charge in [-0.3, -0.25) is 4.79 Å². The van der Waals surface area contributed by atoms with Crippen LogP contribution in [0.2, 0.25) is 0 Å². The summed E-state index contributed by atoms with van der Waals surface area (Å²) in [6.45, 7) is 1.87. The number of ether oxygens (including phenoxy) is 1. The zero-order chi connectivity index (χ0) is 17.8. The number of thiazole rings is 1. The number of halogens is 1. The Kier molecular flexibility index (Phi) is 5.09. The van der Waals surface area contributed by atoms with Crippen molar-refractivity contribution in [3.05, 3.63) is 64.9 Å². The summed E-state index contributed by atoms with van der Waals surface area (Å²) in [5.74, 6) is 0.346. The standard InChI is InChI=1S/C19H17FN2O2S/c1-12-17(25-19(21-12)13-3-5-14(20)6-4-13)11-18(23)22-15-7-9-16(24-2)10-8-15/h3-10H,11H2,1-2H3,(H,22,23). The maximum Gasteiger partial charge on any atom is 0.229 e. The molecule has 0 aliphatic heterocycles. The third kappa shape index (κ3) is 4.22. The van der Waals surface area contributed by atoms with Crippen LogP contribution < -0.4 is 10.1 Å². The molecular formula is C19H17FN2O2S. The molecule has 3 rings (SSSR count). The lowest BCUT2D eigenvalue weighted by atomic mass is 10.2. The van der Waals surface area contributed by atoms with Gasteiger partial charge in [-0.1, -0.05) is 0 Å². The summed E-state index contributed by atoms with van der Waals surface area (Å²) in [5, 5.41) is 3.64. The van der Waals surface area contributed by atoms with E-state index in [2.05, 4.69) is 10.3 Å². The Morgan fingerprint density at radius 3 is 2.48 bits per heavy atom. The highest BCUT2D eigenvalue weighted by atomic mass is 32.1. The molecule has 0 radical (unpaired) electrons. The molecule has 1 aromatic heterocycles. The third-order valence-corrected chi connectivity index (χ3v) is 4.89. The van der Waals surface area contributed by atoms with Gasteiger partial charge in [0.1, 0.15) is 16.6 Å². The normalized spacial score (nSPS) is 10.5.